The number of sulfonamides is 1. The number of halogens is 3. The SMILES string of the molecule is O=C(O)CC(NS(=O)(=O)c1cc(F)cc(F)c1)c1ccccc1F. The van der Waals surface area contributed by atoms with Crippen LogP contribution in [0.2, 0.25) is 0 Å². The van der Waals surface area contributed by atoms with Crippen LogP contribution >= 0.6 is 0 Å². The Labute approximate surface area is 135 Å². The molecule has 2 aromatic carbocycles. The summed E-state index contributed by atoms with van der Waals surface area (Å²) in [5, 5.41) is 8.91. The monoisotopic (exact) mass is 359 g/mol. The van der Waals surface area contributed by atoms with E-state index in [1.54, 1.807) is 0 Å². The number of carbonyl (C=O) groups is 1. The molecule has 0 aliphatic rings. The van der Waals surface area contributed by atoms with Gasteiger partial charge >= 0.3 is 5.97 Å². The molecule has 0 bridgehead atoms. The van der Waals surface area contributed by atoms with Gasteiger partial charge in [0.1, 0.15) is 17.5 Å². The van der Waals surface area contributed by atoms with E-state index in [1.165, 1.54) is 18.2 Å². The van der Waals surface area contributed by atoms with Crippen LogP contribution in [0.15, 0.2) is 47.4 Å². The summed E-state index contributed by atoms with van der Waals surface area (Å²) in [5.41, 5.74) is -0.194. The standard InChI is InChI=1S/C15H12F3NO4S/c16-9-5-10(17)7-11(6-9)24(22,23)19-14(8-15(20)21)12-3-1-2-4-13(12)18/h1-7,14,19H,8H2,(H,20,21). The van der Waals surface area contributed by atoms with Gasteiger partial charge < -0.3 is 5.11 Å². The number of aliphatic carboxylic acids is 1. The van der Waals surface area contributed by atoms with Crippen molar-refractivity contribution >= 4 is 16.0 Å². The van der Waals surface area contributed by atoms with Crippen molar-refractivity contribution in [3.63, 3.8) is 0 Å². The summed E-state index contributed by atoms with van der Waals surface area (Å²) >= 11 is 0. The van der Waals surface area contributed by atoms with Crippen molar-refractivity contribution in [1.82, 2.24) is 4.72 Å². The second kappa shape index (κ2) is 7.02. The molecule has 1 unspecified atom stereocenters. The van der Waals surface area contributed by atoms with Gasteiger partial charge in [-0.25, -0.2) is 26.3 Å². The molecule has 0 aliphatic carbocycles. The van der Waals surface area contributed by atoms with Crippen molar-refractivity contribution in [2.24, 2.45) is 0 Å². The van der Waals surface area contributed by atoms with Crippen LogP contribution in [0.3, 0.4) is 0 Å². The van der Waals surface area contributed by atoms with Crippen LogP contribution in [-0.4, -0.2) is 19.5 Å². The summed E-state index contributed by atoms with van der Waals surface area (Å²) < 4.78 is 66.7. The maximum Gasteiger partial charge on any atom is 0.305 e. The first-order valence-electron chi connectivity index (χ1n) is 6.63. The first-order chi connectivity index (χ1) is 11.2. The smallest absolute Gasteiger partial charge is 0.305 e. The van der Waals surface area contributed by atoms with E-state index in [1.807, 2.05) is 4.72 Å². The number of hydrogen-bond acceptors (Lipinski definition) is 3. The highest BCUT2D eigenvalue weighted by Gasteiger charge is 2.26. The lowest BCUT2D eigenvalue weighted by atomic mass is 10.0. The molecule has 1 atom stereocenters. The predicted octanol–water partition coefficient (Wildman–Crippen LogP) is 2.60. The summed E-state index contributed by atoms with van der Waals surface area (Å²) in [6, 6.07) is 5.22. The predicted molar refractivity (Wildman–Crippen MR) is 78.1 cm³/mol. The molecular formula is C15H12F3NO4S. The fourth-order valence-electron chi connectivity index (χ4n) is 2.09. The van der Waals surface area contributed by atoms with Crippen LogP contribution in [0.1, 0.15) is 18.0 Å². The first kappa shape index (κ1) is 18.0. The summed E-state index contributed by atoms with van der Waals surface area (Å²) in [6.07, 6.45) is -0.752. The number of carboxylic acid groups (broad SMARTS) is 1. The van der Waals surface area contributed by atoms with E-state index >= 15 is 0 Å². The number of hydrogen-bond donors (Lipinski definition) is 2. The zero-order valence-corrected chi connectivity index (χ0v) is 12.9. The maximum absolute atomic E-state index is 13.8. The summed E-state index contributed by atoms with van der Waals surface area (Å²) in [5.74, 6) is -4.42. The van der Waals surface area contributed by atoms with Gasteiger partial charge in [-0.15, -0.1) is 0 Å². The van der Waals surface area contributed by atoms with Crippen molar-refractivity contribution in [2.75, 3.05) is 0 Å². The molecule has 0 fully saturated rings. The van der Waals surface area contributed by atoms with Crippen LogP contribution in [0.25, 0.3) is 0 Å². The number of carboxylic acids is 1. The molecule has 0 aromatic heterocycles. The van der Waals surface area contributed by atoms with Crippen LogP contribution < -0.4 is 4.72 Å². The molecule has 24 heavy (non-hydrogen) atoms. The molecule has 0 saturated heterocycles. The fraction of sp³-hybridized carbons (Fsp3) is 0.133. The highest BCUT2D eigenvalue weighted by Crippen LogP contribution is 2.23. The molecule has 128 valence electrons. The molecule has 9 heteroatoms. The molecule has 0 aliphatic heterocycles. The largest absolute Gasteiger partial charge is 0.481 e. The van der Waals surface area contributed by atoms with Gasteiger partial charge in [0.25, 0.3) is 0 Å². The van der Waals surface area contributed by atoms with E-state index in [0.717, 1.165) is 6.07 Å². The average Bonchev–Trinajstić information content (AvgIpc) is 2.45. The van der Waals surface area contributed by atoms with E-state index in [2.05, 4.69) is 0 Å². The minimum absolute atomic E-state index is 0.194. The third-order valence-corrected chi connectivity index (χ3v) is 4.55. The lowest BCUT2D eigenvalue weighted by Crippen LogP contribution is -2.31. The van der Waals surface area contributed by atoms with Gasteiger partial charge in [-0.05, 0) is 18.2 Å². The van der Waals surface area contributed by atoms with Crippen molar-refractivity contribution in [2.45, 2.75) is 17.4 Å². The van der Waals surface area contributed by atoms with E-state index in [9.17, 15) is 26.4 Å². The van der Waals surface area contributed by atoms with E-state index in [4.69, 9.17) is 5.11 Å². The number of nitrogens with one attached hydrogen (secondary N) is 1. The second-order valence-electron chi connectivity index (χ2n) is 4.90. The van der Waals surface area contributed by atoms with Crippen molar-refractivity contribution < 1.29 is 31.5 Å². The summed E-state index contributed by atoms with van der Waals surface area (Å²) in [7, 11) is -4.48. The number of rotatable bonds is 6. The molecule has 0 saturated carbocycles. The average molecular weight is 359 g/mol. The molecule has 0 spiro atoms. The minimum atomic E-state index is -4.48. The van der Waals surface area contributed by atoms with E-state index < -0.39 is 50.8 Å². The lowest BCUT2D eigenvalue weighted by Gasteiger charge is -2.18. The Bertz CT molecular complexity index is 851. The molecule has 0 amide bonds. The summed E-state index contributed by atoms with van der Waals surface area (Å²) in [6.45, 7) is 0. The number of benzene rings is 2. The highest BCUT2D eigenvalue weighted by molar-refractivity contribution is 7.89. The molecule has 2 rings (SSSR count). The molecular weight excluding hydrogens is 347 g/mol. The topological polar surface area (TPSA) is 83.5 Å². The van der Waals surface area contributed by atoms with Crippen molar-refractivity contribution in [3.8, 4) is 0 Å². The Hall–Kier alpha value is -2.39. The Kier molecular flexibility index (Phi) is 5.25. The third kappa shape index (κ3) is 4.33. The lowest BCUT2D eigenvalue weighted by molar-refractivity contribution is -0.137. The van der Waals surface area contributed by atoms with Gasteiger partial charge in [0, 0.05) is 11.6 Å². The van der Waals surface area contributed by atoms with Crippen LogP contribution in [0.5, 0.6) is 0 Å². The van der Waals surface area contributed by atoms with Gasteiger partial charge in [0.2, 0.25) is 10.0 Å². The van der Waals surface area contributed by atoms with Gasteiger partial charge in [-0.2, -0.15) is 0 Å². The van der Waals surface area contributed by atoms with E-state index in [-0.39, 0.29) is 5.56 Å². The summed E-state index contributed by atoms with van der Waals surface area (Å²) in [4.78, 5) is 10.2. The third-order valence-electron chi connectivity index (χ3n) is 3.10. The van der Waals surface area contributed by atoms with Gasteiger partial charge in [-0.3, -0.25) is 4.79 Å². The minimum Gasteiger partial charge on any atom is -0.481 e. The van der Waals surface area contributed by atoms with E-state index in [0.29, 0.717) is 18.2 Å². The fourth-order valence-corrected chi connectivity index (χ4v) is 3.34. The Balaban J connectivity index is 2.41. The van der Waals surface area contributed by atoms with Crippen LogP contribution in [-0.2, 0) is 14.8 Å². The molecule has 2 N–H and O–H groups in total. The van der Waals surface area contributed by atoms with Gasteiger partial charge in [0.05, 0.1) is 17.4 Å². The normalized spacial score (nSPS) is 12.8. The first-order valence-corrected chi connectivity index (χ1v) is 8.12. The van der Waals surface area contributed by atoms with Crippen LogP contribution in [0, 0.1) is 17.5 Å². The molecule has 0 heterocycles. The molecule has 5 nitrogen and oxygen atoms in total. The van der Waals surface area contributed by atoms with Crippen molar-refractivity contribution in [3.05, 3.63) is 65.5 Å². The molecule has 2 aromatic rings. The molecule has 0 radical (unpaired) electrons. The Morgan fingerprint density at radius 2 is 1.67 bits per heavy atom. The van der Waals surface area contributed by atoms with Gasteiger partial charge in [0.15, 0.2) is 0 Å². The Morgan fingerprint density at radius 1 is 1.08 bits per heavy atom. The van der Waals surface area contributed by atoms with Crippen LogP contribution in [0.4, 0.5) is 13.2 Å². The zero-order chi connectivity index (χ0) is 17.9. The van der Waals surface area contributed by atoms with Crippen molar-refractivity contribution in [1.29, 1.82) is 0 Å². The Morgan fingerprint density at radius 3 is 2.21 bits per heavy atom. The quantitative estimate of drug-likeness (QED) is 0.830. The second-order valence-corrected chi connectivity index (χ2v) is 6.61. The maximum atomic E-state index is 13.8. The highest BCUT2D eigenvalue weighted by atomic mass is 32.2. The van der Waals surface area contributed by atoms with Gasteiger partial charge in [-0.1, -0.05) is 18.2 Å². The zero-order valence-electron chi connectivity index (χ0n) is 12.0.